The Balaban J connectivity index is 1.78. The van der Waals surface area contributed by atoms with E-state index in [4.69, 9.17) is 0 Å². The van der Waals surface area contributed by atoms with Gasteiger partial charge in [0.2, 0.25) is 0 Å². The van der Waals surface area contributed by atoms with Gasteiger partial charge in [0.25, 0.3) is 5.91 Å². The van der Waals surface area contributed by atoms with Crippen molar-refractivity contribution in [1.29, 1.82) is 0 Å². The molecule has 6 heteroatoms. The maximum atomic E-state index is 12.6. The quantitative estimate of drug-likeness (QED) is 0.852. The standard InChI is InChI=1S/C17H19NO3S2/c1-13-10-16(22-11-13)17(19)18-9-5-6-14(18)12-23(20,21)15-7-3-2-4-8-15/h2-4,7-8,10-11,14H,5-6,9,12H2,1H3. The molecule has 1 aliphatic heterocycles. The minimum Gasteiger partial charge on any atom is -0.334 e. The predicted molar refractivity (Wildman–Crippen MR) is 91.6 cm³/mol. The summed E-state index contributed by atoms with van der Waals surface area (Å²) < 4.78 is 25.1. The number of hydrogen-bond donors (Lipinski definition) is 0. The van der Waals surface area contributed by atoms with Crippen LogP contribution in [0.2, 0.25) is 0 Å². The lowest BCUT2D eigenvalue weighted by atomic mass is 10.2. The molecule has 0 radical (unpaired) electrons. The van der Waals surface area contributed by atoms with Gasteiger partial charge in [-0.25, -0.2) is 8.42 Å². The first-order valence-corrected chi connectivity index (χ1v) is 10.1. The number of carbonyl (C=O) groups excluding carboxylic acids is 1. The van der Waals surface area contributed by atoms with Crippen LogP contribution < -0.4 is 0 Å². The average molecular weight is 349 g/mol. The van der Waals surface area contributed by atoms with E-state index in [1.165, 1.54) is 11.3 Å². The van der Waals surface area contributed by atoms with Crippen LogP contribution in [0.1, 0.15) is 28.1 Å². The number of nitrogens with zero attached hydrogens (tertiary/aromatic N) is 1. The molecule has 2 aromatic rings. The second-order valence-corrected chi connectivity index (χ2v) is 8.82. The largest absolute Gasteiger partial charge is 0.334 e. The van der Waals surface area contributed by atoms with Crippen molar-refractivity contribution in [3.8, 4) is 0 Å². The van der Waals surface area contributed by atoms with Crippen molar-refractivity contribution in [2.24, 2.45) is 0 Å². The van der Waals surface area contributed by atoms with Gasteiger partial charge in [-0.2, -0.15) is 0 Å². The van der Waals surface area contributed by atoms with Gasteiger partial charge in [0.15, 0.2) is 9.84 Å². The summed E-state index contributed by atoms with van der Waals surface area (Å²) in [4.78, 5) is 15.4. The van der Waals surface area contributed by atoms with E-state index in [9.17, 15) is 13.2 Å². The van der Waals surface area contributed by atoms with Crippen molar-refractivity contribution < 1.29 is 13.2 Å². The van der Waals surface area contributed by atoms with E-state index in [2.05, 4.69) is 0 Å². The summed E-state index contributed by atoms with van der Waals surface area (Å²) in [6.45, 7) is 2.58. The summed E-state index contributed by atoms with van der Waals surface area (Å²) in [5.74, 6) is -0.0542. The summed E-state index contributed by atoms with van der Waals surface area (Å²) in [5, 5.41) is 1.94. The minimum absolute atomic E-state index is 0.00683. The molecule has 1 atom stereocenters. The molecule has 0 N–H and O–H groups in total. The van der Waals surface area contributed by atoms with Crippen LogP contribution in [0.3, 0.4) is 0 Å². The molecule has 0 bridgehead atoms. The zero-order valence-corrected chi connectivity index (χ0v) is 14.6. The third-order valence-electron chi connectivity index (χ3n) is 4.09. The number of hydrogen-bond acceptors (Lipinski definition) is 4. The Hall–Kier alpha value is -1.66. The van der Waals surface area contributed by atoms with E-state index in [0.717, 1.165) is 18.4 Å². The maximum Gasteiger partial charge on any atom is 0.264 e. The lowest BCUT2D eigenvalue weighted by molar-refractivity contribution is 0.0754. The van der Waals surface area contributed by atoms with Crippen LogP contribution >= 0.6 is 11.3 Å². The Labute approximate surface area is 140 Å². The lowest BCUT2D eigenvalue weighted by Crippen LogP contribution is -2.39. The number of benzene rings is 1. The second kappa shape index (κ2) is 6.45. The molecule has 0 saturated carbocycles. The molecule has 0 spiro atoms. The van der Waals surface area contributed by atoms with Gasteiger partial charge in [0, 0.05) is 12.6 Å². The molecule has 1 aromatic heterocycles. The fourth-order valence-corrected chi connectivity index (χ4v) is 5.41. The lowest BCUT2D eigenvalue weighted by Gasteiger charge is -2.24. The highest BCUT2D eigenvalue weighted by Crippen LogP contribution is 2.26. The first-order chi connectivity index (χ1) is 11.0. The number of likely N-dealkylation sites (tertiary alicyclic amines) is 1. The molecule has 122 valence electrons. The first-order valence-electron chi connectivity index (χ1n) is 7.61. The monoisotopic (exact) mass is 349 g/mol. The van der Waals surface area contributed by atoms with Crippen molar-refractivity contribution in [3.63, 3.8) is 0 Å². The Morgan fingerprint density at radius 1 is 1.30 bits per heavy atom. The molecule has 23 heavy (non-hydrogen) atoms. The zero-order valence-electron chi connectivity index (χ0n) is 12.9. The topological polar surface area (TPSA) is 54.5 Å². The Kier molecular flexibility index (Phi) is 4.55. The van der Waals surface area contributed by atoms with E-state index in [1.807, 2.05) is 18.4 Å². The number of aryl methyl sites for hydroxylation is 1. The molecule has 0 aliphatic carbocycles. The smallest absolute Gasteiger partial charge is 0.264 e. The predicted octanol–water partition coefficient (Wildman–Crippen LogP) is 3.14. The first kappa shape index (κ1) is 16.2. The van der Waals surface area contributed by atoms with Crippen LogP contribution in [-0.2, 0) is 9.84 Å². The van der Waals surface area contributed by atoms with Crippen LogP contribution in [0.5, 0.6) is 0 Å². The fourth-order valence-electron chi connectivity index (χ4n) is 2.94. The summed E-state index contributed by atoms with van der Waals surface area (Å²) >= 11 is 1.42. The van der Waals surface area contributed by atoms with Crippen LogP contribution in [0, 0.1) is 6.92 Å². The fraction of sp³-hybridized carbons (Fsp3) is 0.353. The molecule has 4 nitrogen and oxygen atoms in total. The summed E-state index contributed by atoms with van der Waals surface area (Å²) in [7, 11) is -3.38. The molecule has 1 unspecified atom stereocenters. The van der Waals surface area contributed by atoms with E-state index in [-0.39, 0.29) is 17.7 Å². The van der Waals surface area contributed by atoms with Gasteiger partial charge < -0.3 is 4.90 Å². The number of sulfone groups is 1. The van der Waals surface area contributed by atoms with E-state index < -0.39 is 9.84 Å². The zero-order chi connectivity index (χ0) is 16.4. The van der Waals surface area contributed by atoms with Crippen molar-refractivity contribution in [3.05, 3.63) is 52.2 Å². The van der Waals surface area contributed by atoms with Gasteiger partial charge >= 0.3 is 0 Å². The van der Waals surface area contributed by atoms with E-state index in [0.29, 0.717) is 16.3 Å². The summed E-state index contributed by atoms with van der Waals surface area (Å²) in [5.41, 5.74) is 1.06. The summed E-state index contributed by atoms with van der Waals surface area (Å²) in [6, 6.07) is 10.1. The SMILES string of the molecule is Cc1csc(C(=O)N2CCCC2CS(=O)(=O)c2ccccc2)c1. The van der Waals surface area contributed by atoms with E-state index in [1.54, 1.807) is 35.2 Å². The van der Waals surface area contributed by atoms with Crippen molar-refractivity contribution in [2.75, 3.05) is 12.3 Å². The molecule has 1 aromatic carbocycles. The molecule has 1 fully saturated rings. The number of rotatable bonds is 4. The number of carbonyl (C=O) groups is 1. The summed E-state index contributed by atoms with van der Waals surface area (Å²) in [6.07, 6.45) is 1.59. The normalized spacial score (nSPS) is 18.3. The van der Waals surface area contributed by atoms with Gasteiger partial charge in [-0.15, -0.1) is 11.3 Å². The third kappa shape index (κ3) is 3.48. The van der Waals surface area contributed by atoms with Crippen LogP contribution in [0.4, 0.5) is 0 Å². The van der Waals surface area contributed by atoms with Crippen LogP contribution in [0.25, 0.3) is 0 Å². The minimum atomic E-state index is -3.38. The van der Waals surface area contributed by atoms with Crippen molar-refractivity contribution in [2.45, 2.75) is 30.7 Å². The second-order valence-electron chi connectivity index (χ2n) is 5.88. The molecule has 2 heterocycles. The third-order valence-corrected chi connectivity index (χ3v) is 6.94. The van der Waals surface area contributed by atoms with Gasteiger partial charge in [-0.1, -0.05) is 18.2 Å². The average Bonchev–Trinajstić information content (AvgIpc) is 3.16. The maximum absolute atomic E-state index is 12.6. The molecule has 1 amide bonds. The Morgan fingerprint density at radius 2 is 2.04 bits per heavy atom. The van der Waals surface area contributed by atoms with Gasteiger partial charge in [-0.3, -0.25) is 4.79 Å². The molecule has 1 saturated heterocycles. The molecular formula is C17H19NO3S2. The number of thiophene rings is 1. The van der Waals surface area contributed by atoms with Gasteiger partial charge in [0.05, 0.1) is 15.5 Å². The molecular weight excluding hydrogens is 330 g/mol. The van der Waals surface area contributed by atoms with Gasteiger partial charge in [0.1, 0.15) is 0 Å². The van der Waals surface area contributed by atoms with E-state index >= 15 is 0 Å². The highest BCUT2D eigenvalue weighted by atomic mass is 32.2. The van der Waals surface area contributed by atoms with Gasteiger partial charge in [-0.05, 0) is 48.9 Å². The Morgan fingerprint density at radius 3 is 2.70 bits per heavy atom. The highest BCUT2D eigenvalue weighted by molar-refractivity contribution is 7.91. The highest BCUT2D eigenvalue weighted by Gasteiger charge is 2.33. The van der Waals surface area contributed by atoms with Crippen molar-refractivity contribution in [1.82, 2.24) is 4.90 Å². The number of amides is 1. The van der Waals surface area contributed by atoms with Crippen molar-refractivity contribution >= 4 is 27.1 Å². The van der Waals surface area contributed by atoms with Crippen LogP contribution in [-0.4, -0.2) is 37.6 Å². The molecule has 1 aliphatic rings. The molecule has 3 rings (SSSR count). The van der Waals surface area contributed by atoms with Crippen LogP contribution in [0.15, 0.2) is 46.7 Å². The Bertz CT molecular complexity index is 796.